The molecule has 2 rings (SSSR count). The lowest BCUT2D eigenvalue weighted by atomic mass is 10.1. The smallest absolute Gasteiger partial charge is 0.128 e. The quantitative estimate of drug-likeness (QED) is 0.878. The van der Waals surface area contributed by atoms with Crippen LogP contribution in [0.2, 0.25) is 0 Å². The lowest BCUT2D eigenvalue weighted by Gasteiger charge is -2.18. The number of nitrogens with zero attached hydrogens (tertiary/aromatic N) is 2. The minimum atomic E-state index is -0.445. The molecule has 0 aliphatic carbocycles. The average Bonchev–Trinajstić information content (AvgIpc) is 2.48. The van der Waals surface area contributed by atoms with E-state index in [0.717, 1.165) is 23.7 Å². The van der Waals surface area contributed by atoms with Gasteiger partial charge in [0.05, 0.1) is 12.6 Å². The van der Waals surface area contributed by atoms with Gasteiger partial charge in [0, 0.05) is 13.2 Å². The summed E-state index contributed by atoms with van der Waals surface area (Å²) in [4.78, 5) is 6.32. The van der Waals surface area contributed by atoms with E-state index in [4.69, 9.17) is 4.74 Å². The highest BCUT2D eigenvalue weighted by Crippen LogP contribution is 2.17. The Kier molecular flexibility index (Phi) is 4.96. The minimum absolute atomic E-state index is 0.445. The first-order chi connectivity index (χ1) is 9.66. The van der Waals surface area contributed by atoms with Crippen molar-refractivity contribution in [3.8, 4) is 5.75 Å². The number of pyridine rings is 1. The lowest BCUT2D eigenvalue weighted by molar-refractivity contribution is 0.199. The molecule has 0 amide bonds. The highest BCUT2D eigenvalue weighted by Gasteiger charge is 2.03. The monoisotopic (exact) mass is 272 g/mol. The third-order valence-electron chi connectivity index (χ3n) is 3.10. The van der Waals surface area contributed by atoms with Crippen molar-refractivity contribution < 1.29 is 9.84 Å². The first-order valence-electron chi connectivity index (χ1n) is 6.70. The Labute approximate surface area is 119 Å². The largest absolute Gasteiger partial charge is 0.492 e. The van der Waals surface area contributed by atoms with Gasteiger partial charge >= 0.3 is 0 Å². The van der Waals surface area contributed by atoms with Crippen molar-refractivity contribution in [2.45, 2.75) is 13.0 Å². The number of likely N-dealkylation sites (N-methyl/N-ethyl adjacent to an activating group) is 1. The molecule has 0 spiro atoms. The molecule has 4 heteroatoms. The summed E-state index contributed by atoms with van der Waals surface area (Å²) in [6.07, 6.45) is 1.33. The Morgan fingerprint density at radius 1 is 1.20 bits per heavy atom. The third-order valence-corrected chi connectivity index (χ3v) is 3.10. The van der Waals surface area contributed by atoms with Crippen LogP contribution in [0, 0.1) is 0 Å². The molecule has 0 bridgehead atoms. The number of aromatic nitrogens is 1. The molecule has 4 nitrogen and oxygen atoms in total. The van der Waals surface area contributed by atoms with Crippen molar-refractivity contribution in [1.82, 2.24) is 4.98 Å². The maximum Gasteiger partial charge on any atom is 0.128 e. The molecule has 0 fully saturated rings. The summed E-state index contributed by atoms with van der Waals surface area (Å²) < 4.78 is 5.68. The van der Waals surface area contributed by atoms with Crippen LogP contribution < -0.4 is 9.64 Å². The fourth-order valence-electron chi connectivity index (χ4n) is 1.84. The van der Waals surface area contributed by atoms with E-state index in [1.807, 2.05) is 54.4 Å². The number of rotatable bonds is 6. The van der Waals surface area contributed by atoms with Gasteiger partial charge in [0.15, 0.2) is 0 Å². The van der Waals surface area contributed by atoms with Gasteiger partial charge in [-0.15, -0.1) is 0 Å². The van der Waals surface area contributed by atoms with E-state index in [1.165, 1.54) is 0 Å². The highest BCUT2D eigenvalue weighted by molar-refractivity contribution is 5.36. The van der Waals surface area contributed by atoms with Gasteiger partial charge in [-0.3, -0.25) is 0 Å². The lowest BCUT2D eigenvalue weighted by Crippen LogP contribution is -2.24. The number of aliphatic hydroxyl groups is 1. The molecule has 1 aromatic heterocycles. The minimum Gasteiger partial charge on any atom is -0.492 e. The zero-order chi connectivity index (χ0) is 14.4. The number of aliphatic hydroxyl groups excluding tert-OH is 1. The summed E-state index contributed by atoms with van der Waals surface area (Å²) in [5.41, 5.74) is 0.892. The molecule has 0 aliphatic heterocycles. The molecule has 20 heavy (non-hydrogen) atoms. The molecule has 0 saturated carbocycles. The molecule has 1 aromatic carbocycles. The molecule has 1 atom stereocenters. The van der Waals surface area contributed by atoms with Crippen molar-refractivity contribution in [2.75, 3.05) is 25.1 Å². The van der Waals surface area contributed by atoms with Crippen LogP contribution >= 0.6 is 0 Å². The molecule has 0 radical (unpaired) electrons. The molecule has 0 aliphatic rings. The van der Waals surface area contributed by atoms with Crippen molar-refractivity contribution in [3.63, 3.8) is 0 Å². The summed E-state index contributed by atoms with van der Waals surface area (Å²) in [6, 6.07) is 13.3. The van der Waals surface area contributed by atoms with E-state index in [9.17, 15) is 5.11 Å². The second-order valence-electron chi connectivity index (χ2n) is 4.70. The number of anilines is 1. The Morgan fingerprint density at radius 2 is 1.95 bits per heavy atom. The Hall–Kier alpha value is -2.07. The molecular formula is C16H20N2O2. The van der Waals surface area contributed by atoms with Crippen LogP contribution in [-0.4, -0.2) is 30.3 Å². The fourth-order valence-corrected chi connectivity index (χ4v) is 1.84. The van der Waals surface area contributed by atoms with E-state index >= 15 is 0 Å². The molecular weight excluding hydrogens is 252 g/mol. The Bertz CT molecular complexity index is 512. The molecule has 1 N–H and O–H groups in total. The first kappa shape index (κ1) is 14.3. The van der Waals surface area contributed by atoms with Gasteiger partial charge in [0.25, 0.3) is 0 Å². The Balaban J connectivity index is 1.81. The Morgan fingerprint density at radius 3 is 2.55 bits per heavy atom. The van der Waals surface area contributed by atoms with E-state index in [2.05, 4.69) is 4.98 Å². The predicted molar refractivity (Wildman–Crippen MR) is 80.1 cm³/mol. The average molecular weight is 272 g/mol. The summed E-state index contributed by atoms with van der Waals surface area (Å²) >= 11 is 0. The second-order valence-corrected chi connectivity index (χ2v) is 4.70. The van der Waals surface area contributed by atoms with Crippen LogP contribution in [0.1, 0.15) is 18.6 Å². The van der Waals surface area contributed by atoms with Crippen LogP contribution in [0.15, 0.2) is 48.7 Å². The standard InChI is InChI=1S/C16H20N2O2/c1-13(19)14-6-8-15(9-7-14)20-12-11-18(2)16-5-3-4-10-17-16/h3-10,13,19H,11-12H2,1-2H3/t13-/m0/s1. The summed E-state index contributed by atoms with van der Waals surface area (Å²) in [6.45, 7) is 3.09. The SMILES string of the molecule is C[C@H](O)c1ccc(OCCN(C)c2ccccn2)cc1. The van der Waals surface area contributed by atoms with Crippen molar-refractivity contribution in [3.05, 3.63) is 54.2 Å². The van der Waals surface area contributed by atoms with Gasteiger partial charge in [0.2, 0.25) is 0 Å². The van der Waals surface area contributed by atoms with E-state index < -0.39 is 6.10 Å². The maximum atomic E-state index is 9.44. The topological polar surface area (TPSA) is 45.6 Å². The van der Waals surface area contributed by atoms with Crippen LogP contribution in [0.4, 0.5) is 5.82 Å². The predicted octanol–water partition coefficient (Wildman–Crippen LogP) is 2.65. The van der Waals surface area contributed by atoms with E-state index in [0.29, 0.717) is 6.61 Å². The highest BCUT2D eigenvalue weighted by atomic mass is 16.5. The van der Waals surface area contributed by atoms with Gasteiger partial charge in [-0.2, -0.15) is 0 Å². The molecule has 2 aromatic rings. The summed E-state index contributed by atoms with van der Waals surface area (Å²) in [5, 5.41) is 9.44. The third kappa shape index (κ3) is 3.96. The van der Waals surface area contributed by atoms with E-state index in [1.54, 1.807) is 13.1 Å². The van der Waals surface area contributed by atoms with Gasteiger partial charge in [-0.1, -0.05) is 18.2 Å². The van der Waals surface area contributed by atoms with E-state index in [-0.39, 0.29) is 0 Å². The van der Waals surface area contributed by atoms with Crippen LogP contribution in [0.3, 0.4) is 0 Å². The fraction of sp³-hybridized carbons (Fsp3) is 0.312. The first-order valence-corrected chi connectivity index (χ1v) is 6.70. The molecule has 0 unspecified atom stereocenters. The summed E-state index contributed by atoms with van der Waals surface area (Å²) in [5.74, 6) is 1.74. The van der Waals surface area contributed by atoms with Crippen molar-refractivity contribution in [2.24, 2.45) is 0 Å². The van der Waals surface area contributed by atoms with Gasteiger partial charge in [-0.05, 0) is 36.8 Å². The number of hydrogen-bond donors (Lipinski definition) is 1. The van der Waals surface area contributed by atoms with Crippen molar-refractivity contribution in [1.29, 1.82) is 0 Å². The van der Waals surface area contributed by atoms with Gasteiger partial charge in [-0.25, -0.2) is 4.98 Å². The number of hydrogen-bond acceptors (Lipinski definition) is 4. The zero-order valence-corrected chi connectivity index (χ0v) is 11.9. The molecule has 1 heterocycles. The molecule has 106 valence electrons. The van der Waals surface area contributed by atoms with Crippen LogP contribution in [0.5, 0.6) is 5.75 Å². The zero-order valence-electron chi connectivity index (χ0n) is 11.9. The number of benzene rings is 1. The number of ether oxygens (including phenoxy) is 1. The summed E-state index contributed by atoms with van der Waals surface area (Å²) in [7, 11) is 1.99. The van der Waals surface area contributed by atoms with Crippen molar-refractivity contribution >= 4 is 5.82 Å². The second kappa shape index (κ2) is 6.91. The van der Waals surface area contributed by atoms with Crippen LogP contribution in [-0.2, 0) is 0 Å². The maximum absolute atomic E-state index is 9.44. The molecule has 0 saturated heterocycles. The van der Waals surface area contributed by atoms with Gasteiger partial charge in [0.1, 0.15) is 18.2 Å². The van der Waals surface area contributed by atoms with Gasteiger partial charge < -0.3 is 14.7 Å². The van der Waals surface area contributed by atoms with Crippen LogP contribution in [0.25, 0.3) is 0 Å². The normalized spacial score (nSPS) is 11.9.